The Morgan fingerprint density at radius 3 is 2.70 bits per heavy atom. The van der Waals surface area contributed by atoms with E-state index in [1.165, 1.54) is 31.2 Å². The van der Waals surface area contributed by atoms with Crippen LogP contribution in [-0.2, 0) is 0 Å². The summed E-state index contributed by atoms with van der Waals surface area (Å²) in [7, 11) is 1.73. The highest BCUT2D eigenvalue weighted by Gasteiger charge is 2.29. The third-order valence-corrected chi connectivity index (χ3v) is 4.87. The highest BCUT2D eigenvalue weighted by molar-refractivity contribution is 9.10. The number of hydrogen-bond donors (Lipinski definition) is 1. The normalized spacial score (nSPS) is 17.4. The van der Waals surface area contributed by atoms with E-state index < -0.39 is 0 Å². The third kappa shape index (κ3) is 3.69. The molecule has 0 amide bonds. The van der Waals surface area contributed by atoms with Gasteiger partial charge in [-0.2, -0.15) is 0 Å². The van der Waals surface area contributed by atoms with E-state index in [4.69, 9.17) is 16.3 Å². The molecule has 0 saturated heterocycles. The average molecular weight is 361 g/mol. The van der Waals surface area contributed by atoms with Gasteiger partial charge in [0.1, 0.15) is 5.75 Å². The first kappa shape index (κ1) is 16.1. The van der Waals surface area contributed by atoms with Crippen molar-refractivity contribution in [3.8, 4) is 5.75 Å². The molecule has 0 aromatic heterocycles. The Morgan fingerprint density at radius 1 is 1.40 bits per heavy atom. The van der Waals surface area contributed by atoms with Gasteiger partial charge in [0.05, 0.1) is 11.6 Å². The first-order valence-electron chi connectivity index (χ1n) is 7.43. The molecule has 0 heterocycles. The SMILES string of the molecule is CCCNC(c1cc(Cl)cc(Br)c1OC)C1CCCC1. The molecule has 4 heteroatoms. The molecule has 1 aliphatic rings. The lowest BCUT2D eigenvalue weighted by molar-refractivity contribution is 0.344. The van der Waals surface area contributed by atoms with Crippen LogP contribution < -0.4 is 10.1 Å². The van der Waals surface area contributed by atoms with Crippen molar-refractivity contribution in [1.82, 2.24) is 5.32 Å². The monoisotopic (exact) mass is 359 g/mol. The van der Waals surface area contributed by atoms with Crippen LogP contribution in [0.4, 0.5) is 0 Å². The molecule has 1 aliphatic carbocycles. The van der Waals surface area contributed by atoms with Crippen molar-refractivity contribution in [2.45, 2.75) is 45.1 Å². The molecule has 1 aromatic carbocycles. The number of halogens is 2. The van der Waals surface area contributed by atoms with Gasteiger partial charge in [-0.15, -0.1) is 0 Å². The minimum atomic E-state index is 0.336. The molecule has 20 heavy (non-hydrogen) atoms. The van der Waals surface area contributed by atoms with Crippen LogP contribution in [0, 0.1) is 5.92 Å². The van der Waals surface area contributed by atoms with Crippen LogP contribution in [0.25, 0.3) is 0 Å². The molecule has 1 N–H and O–H groups in total. The maximum atomic E-state index is 6.25. The second-order valence-corrected chi connectivity index (χ2v) is 6.78. The topological polar surface area (TPSA) is 21.3 Å². The average Bonchev–Trinajstić information content (AvgIpc) is 2.92. The summed E-state index contributed by atoms with van der Waals surface area (Å²) in [5, 5.41) is 4.46. The van der Waals surface area contributed by atoms with Crippen molar-refractivity contribution in [2.24, 2.45) is 5.92 Å². The Hall–Kier alpha value is -0.250. The van der Waals surface area contributed by atoms with E-state index >= 15 is 0 Å². The van der Waals surface area contributed by atoms with E-state index in [0.29, 0.717) is 12.0 Å². The summed E-state index contributed by atoms with van der Waals surface area (Å²) in [4.78, 5) is 0. The summed E-state index contributed by atoms with van der Waals surface area (Å²) in [5.74, 6) is 1.59. The van der Waals surface area contributed by atoms with E-state index in [9.17, 15) is 0 Å². The van der Waals surface area contributed by atoms with Gasteiger partial charge in [-0.1, -0.05) is 31.4 Å². The van der Waals surface area contributed by atoms with Crippen LogP contribution in [0.2, 0.25) is 5.02 Å². The molecule has 1 aromatic rings. The van der Waals surface area contributed by atoms with Gasteiger partial charge in [0.2, 0.25) is 0 Å². The predicted octanol–water partition coefficient (Wildman–Crippen LogP) is 5.34. The highest BCUT2D eigenvalue weighted by Crippen LogP contribution is 2.42. The second kappa shape index (κ2) is 7.67. The van der Waals surface area contributed by atoms with Gasteiger partial charge in [0.25, 0.3) is 0 Å². The quantitative estimate of drug-likeness (QED) is 0.739. The largest absolute Gasteiger partial charge is 0.495 e. The smallest absolute Gasteiger partial charge is 0.137 e. The minimum absolute atomic E-state index is 0.336. The van der Waals surface area contributed by atoms with Crippen LogP contribution in [0.3, 0.4) is 0 Å². The van der Waals surface area contributed by atoms with Crippen molar-refractivity contribution in [1.29, 1.82) is 0 Å². The van der Waals surface area contributed by atoms with Crippen molar-refractivity contribution < 1.29 is 4.74 Å². The molecule has 2 rings (SSSR count). The van der Waals surface area contributed by atoms with E-state index in [-0.39, 0.29) is 0 Å². The maximum absolute atomic E-state index is 6.25. The summed E-state index contributed by atoms with van der Waals surface area (Å²) >= 11 is 9.82. The van der Waals surface area contributed by atoms with Crippen molar-refractivity contribution in [3.05, 3.63) is 27.2 Å². The zero-order valence-electron chi connectivity index (χ0n) is 12.2. The fourth-order valence-electron chi connectivity index (χ4n) is 3.15. The molecule has 0 spiro atoms. The molecule has 0 bridgehead atoms. The summed E-state index contributed by atoms with van der Waals surface area (Å²) < 4.78 is 6.54. The van der Waals surface area contributed by atoms with Crippen molar-refractivity contribution in [2.75, 3.05) is 13.7 Å². The minimum Gasteiger partial charge on any atom is -0.495 e. The molecule has 1 saturated carbocycles. The zero-order chi connectivity index (χ0) is 14.5. The molecule has 1 unspecified atom stereocenters. The van der Waals surface area contributed by atoms with Gasteiger partial charge in [-0.05, 0) is 59.8 Å². The van der Waals surface area contributed by atoms with Crippen molar-refractivity contribution in [3.63, 3.8) is 0 Å². The first-order valence-corrected chi connectivity index (χ1v) is 8.60. The Kier molecular flexibility index (Phi) is 6.19. The Labute approximate surface area is 135 Å². The molecule has 1 atom stereocenters. The number of ether oxygens (including phenoxy) is 1. The lowest BCUT2D eigenvalue weighted by Crippen LogP contribution is -2.28. The molecular weight excluding hydrogens is 338 g/mol. The van der Waals surface area contributed by atoms with Gasteiger partial charge in [-0.25, -0.2) is 0 Å². The predicted molar refractivity (Wildman–Crippen MR) is 88.7 cm³/mol. The number of rotatable bonds is 6. The van der Waals surface area contributed by atoms with E-state index in [1.54, 1.807) is 7.11 Å². The van der Waals surface area contributed by atoms with Gasteiger partial charge in [0, 0.05) is 16.6 Å². The Morgan fingerprint density at radius 2 is 2.10 bits per heavy atom. The molecule has 0 radical (unpaired) electrons. The Bertz CT molecular complexity index is 446. The van der Waals surface area contributed by atoms with Crippen LogP contribution in [0.5, 0.6) is 5.75 Å². The number of hydrogen-bond acceptors (Lipinski definition) is 2. The number of methoxy groups -OCH3 is 1. The van der Waals surface area contributed by atoms with Crippen LogP contribution in [0.1, 0.15) is 50.6 Å². The zero-order valence-corrected chi connectivity index (χ0v) is 14.6. The van der Waals surface area contributed by atoms with E-state index in [2.05, 4.69) is 34.2 Å². The van der Waals surface area contributed by atoms with Gasteiger partial charge < -0.3 is 10.1 Å². The lowest BCUT2D eigenvalue weighted by atomic mass is 9.91. The molecule has 0 aliphatic heterocycles. The standard InChI is InChI=1S/C16H23BrClNO/c1-3-8-19-15(11-6-4-5-7-11)13-9-12(18)10-14(17)16(13)20-2/h9-11,15,19H,3-8H2,1-2H3. The number of benzene rings is 1. The first-order chi connectivity index (χ1) is 9.67. The van der Waals surface area contributed by atoms with Gasteiger partial charge in [-0.3, -0.25) is 0 Å². The van der Waals surface area contributed by atoms with E-state index in [1.807, 2.05) is 6.07 Å². The van der Waals surface area contributed by atoms with Crippen LogP contribution >= 0.6 is 27.5 Å². The summed E-state index contributed by atoms with van der Waals surface area (Å²) in [6.07, 6.45) is 6.37. The number of nitrogens with one attached hydrogen (secondary N) is 1. The molecular formula is C16H23BrClNO. The van der Waals surface area contributed by atoms with Crippen LogP contribution in [-0.4, -0.2) is 13.7 Å². The molecule has 2 nitrogen and oxygen atoms in total. The molecule has 112 valence electrons. The highest BCUT2D eigenvalue weighted by atomic mass is 79.9. The van der Waals surface area contributed by atoms with Gasteiger partial charge in [0.15, 0.2) is 0 Å². The molecule has 1 fully saturated rings. The fourth-order valence-corrected chi connectivity index (χ4v) is 4.14. The Balaban J connectivity index is 2.35. The third-order valence-electron chi connectivity index (χ3n) is 4.06. The lowest BCUT2D eigenvalue weighted by Gasteiger charge is -2.27. The second-order valence-electron chi connectivity index (χ2n) is 5.49. The van der Waals surface area contributed by atoms with Crippen LogP contribution in [0.15, 0.2) is 16.6 Å². The fraction of sp³-hybridized carbons (Fsp3) is 0.625. The maximum Gasteiger partial charge on any atom is 0.137 e. The van der Waals surface area contributed by atoms with Crippen molar-refractivity contribution >= 4 is 27.5 Å². The van der Waals surface area contributed by atoms with Gasteiger partial charge >= 0.3 is 0 Å². The summed E-state index contributed by atoms with van der Waals surface area (Å²) in [5.41, 5.74) is 1.19. The van der Waals surface area contributed by atoms with E-state index in [0.717, 1.165) is 28.2 Å². The summed E-state index contributed by atoms with van der Waals surface area (Å²) in [6.45, 7) is 3.22. The summed E-state index contributed by atoms with van der Waals surface area (Å²) in [6, 6.07) is 4.29.